The van der Waals surface area contributed by atoms with Gasteiger partial charge in [-0.25, -0.2) is 0 Å². The molecule has 1 fully saturated rings. The Morgan fingerprint density at radius 1 is 1.09 bits per heavy atom. The average molecular weight is 157 g/mol. The zero-order chi connectivity index (χ0) is 8.10. The smallest absolute Gasteiger partial charge is 0.0693 e. The van der Waals surface area contributed by atoms with E-state index in [0.29, 0.717) is 6.04 Å². The van der Waals surface area contributed by atoms with Gasteiger partial charge in [0.15, 0.2) is 0 Å². The van der Waals surface area contributed by atoms with Crippen LogP contribution in [0.2, 0.25) is 0 Å². The van der Waals surface area contributed by atoms with E-state index in [1.165, 1.54) is 25.7 Å². The third kappa shape index (κ3) is 2.80. The highest BCUT2D eigenvalue weighted by Crippen LogP contribution is 2.17. The first-order valence-electron chi connectivity index (χ1n) is 4.70. The van der Waals surface area contributed by atoms with Gasteiger partial charge >= 0.3 is 0 Å². The van der Waals surface area contributed by atoms with Crippen molar-refractivity contribution in [3.63, 3.8) is 0 Å². The minimum atomic E-state index is -0.111. The number of aliphatic hydroxyl groups is 1. The van der Waals surface area contributed by atoms with E-state index in [4.69, 9.17) is 0 Å². The second-order valence-corrected chi connectivity index (χ2v) is 3.45. The van der Waals surface area contributed by atoms with E-state index >= 15 is 0 Å². The molecule has 0 aromatic rings. The van der Waals surface area contributed by atoms with Crippen molar-refractivity contribution in [2.75, 3.05) is 7.05 Å². The van der Waals surface area contributed by atoms with Crippen LogP contribution in [0.25, 0.3) is 0 Å². The van der Waals surface area contributed by atoms with E-state index < -0.39 is 0 Å². The Balaban J connectivity index is 2.33. The summed E-state index contributed by atoms with van der Waals surface area (Å²) in [5, 5.41) is 12.8. The third-order valence-electron chi connectivity index (χ3n) is 2.60. The Kier molecular flexibility index (Phi) is 3.87. The fourth-order valence-corrected chi connectivity index (χ4v) is 1.80. The van der Waals surface area contributed by atoms with Crippen molar-refractivity contribution >= 4 is 0 Å². The lowest BCUT2D eigenvalue weighted by atomic mass is 9.94. The van der Waals surface area contributed by atoms with E-state index in [9.17, 15) is 5.11 Å². The molecule has 0 aromatic heterocycles. The van der Waals surface area contributed by atoms with Gasteiger partial charge in [-0.1, -0.05) is 25.7 Å². The van der Waals surface area contributed by atoms with Crippen molar-refractivity contribution < 1.29 is 5.11 Å². The molecule has 0 bridgehead atoms. The summed E-state index contributed by atoms with van der Waals surface area (Å²) in [6, 6.07) is 0.343. The summed E-state index contributed by atoms with van der Waals surface area (Å²) >= 11 is 0. The average Bonchev–Trinajstić information content (AvgIpc) is 1.98. The molecule has 1 rings (SSSR count). The van der Waals surface area contributed by atoms with Crippen LogP contribution >= 0.6 is 0 Å². The Hall–Kier alpha value is -0.0800. The summed E-state index contributed by atoms with van der Waals surface area (Å²) in [6.07, 6.45) is 7.10. The molecule has 2 heteroatoms. The van der Waals surface area contributed by atoms with Gasteiger partial charge in [-0.15, -0.1) is 0 Å². The van der Waals surface area contributed by atoms with Gasteiger partial charge in [0.2, 0.25) is 0 Å². The molecule has 0 saturated heterocycles. The summed E-state index contributed by atoms with van der Waals surface area (Å²) in [5.41, 5.74) is 0. The zero-order valence-corrected chi connectivity index (χ0v) is 7.34. The van der Waals surface area contributed by atoms with Crippen LogP contribution in [0.1, 0.15) is 38.5 Å². The van der Waals surface area contributed by atoms with Crippen LogP contribution in [-0.4, -0.2) is 24.3 Å². The maximum Gasteiger partial charge on any atom is 0.0693 e. The first-order chi connectivity index (χ1) is 5.34. The van der Waals surface area contributed by atoms with Crippen molar-refractivity contribution in [2.24, 2.45) is 0 Å². The van der Waals surface area contributed by atoms with E-state index in [0.717, 1.165) is 12.8 Å². The lowest BCUT2D eigenvalue weighted by molar-refractivity contribution is 0.107. The number of hydrogen-bond donors (Lipinski definition) is 2. The summed E-state index contributed by atoms with van der Waals surface area (Å²) in [4.78, 5) is 0. The van der Waals surface area contributed by atoms with Crippen LogP contribution in [0.5, 0.6) is 0 Å². The molecule has 0 heterocycles. The van der Waals surface area contributed by atoms with Crippen molar-refractivity contribution in [3.05, 3.63) is 0 Å². The molecule has 66 valence electrons. The molecular formula is C9H19NO. The zero-order valence-electron chi connectivity index (χ0n) is 7.34. The molecule has 0 amide bonds. The van der Waals surface area contributed by atoms with Crippen LogP contribution in [0.3, 0.4) is 0 Å². The Morgan fingerprint density at radius 3 is 2.36 bits per heavy atom. The maximum atomic E-state index is 9.61. The quantitative estimate of drug-likeness (QED) is 0.601. The highest BCUT2D eigenvalue weighted by atomic mass is 16.3. The third-order valence-corrected chi connectivity index (χ3v) is 2.60. The maximum absolute atomic E-state index is 9.61. The van der Waals surface area contributed by atoms with Crippen molar-refractivity contribution in [3.8, 4) is 0 Å². The molecule has 1 aliphatic rings. The Bertz CT molecular complexity index is 106. The van der Waals surface area contributed by atoms with Crippen LogP contribution in [0.15, 0.2) is 0 Å². The van der Waals surface area contributed by atoms with Gasteiger partial charge in [0.05, 0.1) is 6.10 Å². The van der Waals surface area contributed by atoms with Crippen molar-refractivity contribution in [1.82, 2.24) is 5.32 Å². The van der Waals surface area contributed by atoms with Gasteiger partial charge in [-0.05, 0) is 19.9 Å². The molecule has 0 aromatic carbocycles. The lowest BCUT2D eigenvalue weighted by Gasteiger charge is -2.24. The molecule has 0 unspecified atom stereocenters. The largest absolute Gasteiger partial charge is 0.392 e. The summed E-state index contributed by atoms with van der Waals surface area (Å²) in [7, 11) is 1.94. The lowest BCUT2D eigenvalue weighted by Crippen LogP contribution is -2.38. The molecule has 11 heavy (non-hydrogen) atoms. The van der Waals surface area contributed by atoms with Crippen LogP contribution in [0, 0.1) is 0 Å². The molecule has 2 atom stereocenters. The van der Waals surface area contributed by atoms with E-state index in [2.05, 4.69) is 5.32 Å². The fraction of sp³-hybridized carbons (Fsp3) is 1.00. The van der Waals surface area contributed by atoms with Gasteiger partial charge in [-0.3, -0.25) is 0 Å². The van der Waals surface area contributed by atoms with Gasteiger partial charge < -0.3 is 10.4 Å². The first kappa shape index (κ1) is 9.01. The summed E-state index contributed by atoms with van der Waals surface area (Å²) in [5.74, 6) is 0. The highest BCUT2D eigenvalue weighted by molar-refractivity contribution is 4.76. The molecule has 0 radical (unpaired) electrons. The van der Waals surface area contributed by atoms with Crippen molar-refractivity contribution in [2.45, 2.75) is 50.7 Å². The normalized spacial score (nSPS) is 34.4. The van der Waals surface area contributed by atoms with Gasteiger partial charge in [0.1, 0.15) is 0 Å². The van der Waals surface area contributed by atoms with Crippen LogP contribution in [0.4, 0.5) is 0 Å². The molecule has 2 N–H and O–H groups in total. The molecule has 2 nitrogen and oxygen atoms in total. The molecule has 0 spiro atoms. The minimum Gasteiger partial charge on any atom is -0.392 e. The summed E-state index contributed by atoms with van der Waals surface area (Å²) < 4.78 is 0. The van der Waals surface area contributed by atoms with E-state index in [1.807, 2.05) is 7.05 Å². The van der Waals surface area contributed by atoms with E-state index in [-0.39, 0.29) is 6.10 Å². The second-order valence-electron chi connectivity index (χ2n) is 3.45. The standard InChI is InChI=1S/C9H19NO/c1-10-8-6-4-2-3-5-7-9(8)11/h8-11H,2-7H2,1H3/t8-,9-/m0/s1. The predicted molar refractivity (Wildman–Crippen MR) is 46.6 cm³/mol. The van der Waals surface area contributed by atoms with Crippen molar-refractivity contribution in [1.29, 1.82) is 0 Å². The number of aliphatic hydroxyl groups excluding tert-OH is 1. The number of nitrogens with one attached hydrogen (secondary N) is 1. The fourth-order valence-electron chi connectivity index (χ4n) is 1.80. The number of hydrogen-bond acceptors (Lipinski definition) is 2. The Labute approximate surface area is 69.0 Å². The minimum absolute atomic E-state index is 0.111. The SMILES string of the molecule is CN[C@H]1CCCCCC[C@@H]1O. The van der Waals surface area contributed by atoms with Crippen LogP contribution < -0.4 is 5.32 Å². The molecule has 1 saturated carbocycles. The second kappa shape index (κ2) is 4.73. The molecule has 1 aliphatic carbocycles. The van der Waals surface area contributed by atoms with Crippen LogP contribution in [-0.2, 0) is 0 Å². The topological polar surface area (TPSA) is 32.3 Å². The summed E-state index contributed by atoms with van der Waals surface area (Å²) in [6.45, 7) is 0. The van der Waals surface area contributed by atoms with E-state index in [1.54, 1.807) is 0 Å². The van der Waals surface area contributed by atoms with Gasteiger partial charge in [0.25, 0.3) is 0 Å². The number of likely N-dealkylation sites (N-methyl/N-ethyl adjacent to an activating group) is 1. The Morgan fingerprint density at radius 2 is 1.73 bits per heavy atom. The highest BCUT2D eigenvalue weighted by Gasteiger charge is 2.17. The van der Waals surface area contributed by atoms with Gasteiger partial charge in [-0.2, -0.15) is 0 Å². The van der Waals surface area contributed by atoms with Gasteiger partial charge in [0, 0.05) is 6.04 Å². The number of rotatable bonds is 1. The first-order valence-corrected chi connectivity index (χ1v) is 4.70. The molecule has 0 aliphatic heterocycles. The predicted octanol–water partition coefficient (Wildman–Crippen LogP) is 1.29. The molecular weight excluding hydrogens is 138 g/mol. The monoisotopic (exact) mass is 157 g/mol.